The Bertz CT molecular complexity index is 746. The zero-order valence-electron chi connectivity index (χ0n) is 17.4. The second-order valence-electron chi connectivity index (χ2n) is 7.39. The molecular weight excluding hydrogens is 372 g/mol. The van der Waals surface area contributed by atoms with Crippen LogP contribution < -0.4 is 5.19 Å². The van der Waals surface area contributed by atoms with E-state index in [-0.39, 0.29) is 0 Å². The molecule has 0 bridgehead atoms. The number of benzene rings is 2. The molecule has 0 N–H and O–H groups in total. The van der Waals surface area contributed by atoms with Crippen molar-refractivity contribution < 1.29 is 22.8 Å². The van der Waals surface area contributed by atoms with Crippen molar-refractivity contribution in [3.8, 4) is 0 Å². The van der Waals surface area contributed by atoms with E-state index in [4.69, 9.17) is 22.8 Å². The van der Waals surface area contributed by atoms with Crippen LogP contribution in [0.4, 0.5) is 0 Å². The molecule has 0 atom stereocenters. The van der Waals surface area contributed by atoms with Gasteiger partial charge in [0, 0.05) is 40.0 Å². The first-order valence-corrected chi connectivity index (χ1v) is 11.7. The summed E-state index contributed by atoms with van der Waals surface area (Å²) in [5.41, 5.74) is 0. The minimum Gasteiger partial charge on any atom is -0.373 e. The molecule has 0 spiro atoms. The first-order valence-electron chi connectivity index (χ1n) is 10.0. The van der Waals surface area contributed by atoms with Gasteiger partial charge in [0.05, 0.1) is 0 Å². The molecule has 0 radical (unpaired) electrons. The largest absolute Gasteiger partial charge is 0.541 e. The fraction of sp³-hybridized carbons (Fsp3) is 0.545. The number of rotatable bonds is 9. The molecule has 28 heavy (non-hydrogen) atoms. The fourth-order valence-corrected chi connectivity index (χ4v) is 6.66. The van der Waals surface area contributed by atoms with E-state index in [9.17, 15) is 0 Å². The van der Waals surface area contributed by atoms with Crippen LogP contribution in [0.1, 0.15) is 38.5 Å². The van der Waals surface area contributed by atoms with E-state index in [1.54, 1.807) is 28.4 Å². The molecule has 1 aliphatic carbocycles. The first kappa shape index (κ1) is 21.4. The molecular formula is C22H32O5Si. The summed E-state index contributed by atoms with van der Waals surface area (Å²) < 4.78 is 30.1. The van der Waals surface area contributed by atoms with Gasteiger partial charge in [0.25, 0.3) is 5.97 Å². The minimum absolute atomic E-state index is 0.501. The maximum Gasteiger partial charge on any atom is 0.541 e. The van der Waals surface area contributed by atoms with Crippen molar-refractivity contribution in [1.29, 1.82) is 0 Å². The van der Waals surface area contributed by atoms with Gasteiger partial charge in [-0.15, -0.1) is 0 Å². The Balaban J connectivity index is 1.99. The standard InChI is InChI=1S/C22H32O5Si/c1-23-22(24-2,17-18-11-6-5-7-12-18)27-28(25-3,26-4)21-16-10-14-19-13-8-9-15-20(19)21/h8-10,13-16,18H,5-7,11-12,17H2,1-4H3. The zero-order chi connectivity index (χ0) is 20.0. The highest BCUT2D eigenvalue weighted by atomic mass is 28.4. The van der Waals surface area contributed by atoms with Crippen LogP contribution in [0.3, 0.4) is 0 Å². The summed E-state index contributed by atoms with van der Waals surface area (Å²) in [5, 5.41) is 3.08. The van der Waals surface area contributed by atoms with E-state index in [0.29, 0.717) is 12.3 Å². The highest BCUT2D eigenvalue weighted by Crippen LogP contribution is 2.35. The number of hydrogen-bond donors (Lipinski definition) is 0. The Hall–Kier alpha value is -1.28. The first-order chi connectivity index (χ1) is 13.6. The molecule has 1 aliphatic rings. The van der Waals surface area contributed by atoms with E-state index in [2.05, 4.69) is 18.2 Å². The van der Waals surface area contributed by atoms with E-state index < -0.39 is 14.8 Å². The molecule has 2 aromatic rings. The lowest BCUT2D eigenvalue weighted by Gasteiger charge is -2.40. The smallest absolute Gasteiger partial charge is 0.373 e. The minimum atomic E-state index is -3.30. The Morgan fingerprint density at radius 2 is 1.50 bits per heavy atom. The Morgan fingerprint density at radius 3 is 2.14 bits per heavy atom. The maximum absolute atomic E-state index is 6.57. The van der Waals surface area contributed by atoms with Crippen LogP contribution in [0.2, 0.25) is 0 Å². The Labute approximate surface area is 169 Å². The molecule has 0 aromatic heterocycles. The van der Waals surface area contributed by atoms with Gasteiger partial charge in [0.2, 0.25) is 0 Å². The third-order valence-electron chi connectivity index (χ3n) is 5.83. The van der Waals surface area contributed by atoms with Gasteiger partial charge in [-0.25, -0.2) is 0 Å². The molecule has 154 valence electrons. The molecule has 0 saturated heterocycles. The molecule has 6 heteroatoms. The van der Waals surface area contributed by atoms with Crippen LogP contribution in [-0.2, 0) is 22.8 Å². The second-order valence-corrected chi connectivity index (χ2v) is 10.1. The summed E-state index contributed by atoms with van der Waals surface area (Å²) >= 11 is 0. The summed E-state index contributed by atoms with van der Waals surface area (Å²) in [6.07, 6.45) is 6.78. The average molecular weight is 405 g/mol. The predicted molar refractivity (Wildman–Crippen MR) is 112 cm³/mol. The van der Waals surface area contributed by atoms with Crippen molar-refractivity contribution in [3.63, 3.8) is 0 Å². The Kier molecular flexibility index (Phi) is 7.25. The maximum atomic E-state index is 6.57. The molecule has 1 saturated carbocycles. The quantitative estimate of drug-likeness (QED) is 0.463. The average Bonchev–Trinajstić information content (AvgIpc) is 2.77. The number of fused-ring (bicyclic) bond motifs is 1. The predicted octanol–water partition coefficient (Wildman–Crippen LogP) is 4.21. The lowest BCUT2D eigenvalue weighted by atomic mass is 9.86. The second kappa shape index (κ2) is 9.48. The van der Waals surface area contributed by atoms with Gasteiger partial charge in [0.1, 0.15) is 0 Å². The van der Waals surface area contributed by atoms with Crippen LogP contribution in [0.25, 0.3) is 10.8 Å². The monoisotopic (exact) mass is 404 g/mol. The topological polar surface area (TPSA) is 46.2 Å². The normalized spacial score (nSPS) is 16.6. The Morgan fingerprint density at radius 1 is 0.857 bits per heavy atom. The van der Waals surface area contributed by atoms with Gasteiger partial charge in [-0.3, -0.25) is 0 Å². The fourth-order valence-electron chi connectivity index (χ4n) is 4.26. The van der Waals surface area contributed by atoms with Crippen LogP contribution in [0.15, 0.2) is 42.5 Å². The highest BCUT2D eigenvalue weighted by Gasteiger charge is 2.52. The van der Waals surface area contributed by atoms with Crippen molar-refractivity contribution in [2.75, 3.05) is 28.4 Å². The third kappa shape index (κ3) is 4.32. The van der Waals surface area contributed by atoms with Crippen molar-refractivity contribution in [2.24, 2.45) is 5.92 Å². The SMILES string of the molecule is COC(CC1CCCCC1)(OC)O[Si](OC)(OC)c1cccc2ccccc12. The summed E-state index contributed by atoms with van der Waals surface area (Å²) in [6.45, 7) is 0. The molecule has 0 unspecified atom stereocenters. The lowest BCUT2D eigenvalue weighted by molar-refractivity contribution is -0.345. The van der Waals surface area contributed by atoms with Gasteiger partial charge >= 0.3 is 8.80 Å². The van der Waals surface area contributed by atoms with E-state index in [1.165, 1.54) is 32.1 Å². The van der Waals surface area contributed by atoms with Crippen molar-refractivity contribution >= 4 is 24.8 Å². The zero-order valence-corrected chi connectivity index (χ0v) is 18.4. The lowest BCUT2D eigenvalue weighted by Crippen LogP contribution is -2.61. The van der Waals surface area contributed by atoms with Crippen LogP contribution in [-0.4, -0.2) is 43.2 Å². The number of methoxy groups -OCH3 is 2. The van der Waals surface area contributed by atoms with Crippen LogP contribution in [0, 0.1) is 5.92 Å². The van der Waals surface area contributed by atoms with Gasteiger partial charge in [-0.1, -0.05) is 74.6 Å². The summed E-state index contributed by atoms with van der Waals surface area (Å²) in [4.78, 5) is 0. The molecule has 0 heterocycles. The van der Waals surface area contributed by atoms with E-state index >= 15 is 0 Å². The summed E-state index contributed by atoms with van der Waals surface area (Å²) in [7, 11) is 3.22. The molecule has 0 amide bonds. The van der Waals surface area contributed by atoms with Crippen molar-refractivity contribution in [1.82, 2.24) is 0 Å². The van der Waals surface area contributed by atoms with Crippen molar-refractivity contribution in [2.45, 2.75) is 44.5 Å². The summed E-state index contributed by atoms with van der Waals surface area (Å²) in [5.74, 6) is -0.696. The van der Waals surface area contributed by atoms with Crippen LogP contribution in [0.5, 0.6) is 0 Å². The van der Waals surface area contributed by atoms with Gasteiger partial charge < -0.3 is 22.8 Å². The van der Waals surface area contributed by atoms with Gasteiger partial charge in [0.15, 0.2) is 0 Å². The molecule has 1 fully saturated rings. The molecule has 5 nitrogen and oxygen atoms in total. The van der Waals surface area contributed by atoms with Gasteiger partial charge in [-0.05, 0) is 16.7 Å². The third-order valence-corrected chi connectivity index (χ3v) is 8.58. The highest BCUT2D eigenvalue weighted by molar-refractivity contribution is 6.77. The number of hydrogen-bond acceptors (Lipinski definition) is 5. The van der Waals surface area contributed by atoms with E-state index in [0.717, 1.165) is 16.0 Å². The van der Waals surface area contributed by atoms with E-state index in [1.807, 2.05) is 24.3 Å². The molecule has 2 aromatic carbocycles. The molecule has 0 aliphatic heterocycles. The van der Waals surface area contributed by atoms with Crippen molar-refractivity contribution in [3.05, 3.63) is 42.5 Å². The number of ether oxygens (including phenoxy) is 2. The van der Waals surface area contributed by atoms with Gasteiger partial charge in [-0.2, -0.15) is 0 Å². The molecule has 3 rings (SSSR count). The van der Waals surface area contributed by atoms with Crippen LogP contribution >= 0.6 is 0 Å². The summed E-state index contributed by atoms with van der Waals surface area (Å²) in [6, 6.07) is 14.3.